The van der Waals surface area contributed by atoms with Crippen LogP contribution in [0, 0.1) is 5.41 Å². The Bertz CT molecular complexity index is 653. The number of ketones is 1. The van der Waals surface area contributed by atoms with Crippen LogP contribution in [0.25, 0.3) is 0 Å². The van der Waals surface area contributed by atoms with E-state index in [9.17, 15) is 9.59 Å². The summed E-state index contributed by atoms with van der Waals surface area (Å²) in [6.45, 7) is 10.1. The molecule has 0 unspecified atom stereocenters. The maximum absolute atomic E-state index is 11.9. The largest absolute Gasteiger partial charge is 0.466 e. The maximum Gasteiger partial charge on any atom is 0.330 e. The number of rotatable bonds is 5. The smallest absolute Gasteiger partial charge is 0.330 e. The van der Waals surface area contributed by atoms with E-state index in [0.29, 0.717) is 6.42 Å². The second-order valence-electron chi connectivity index (χ2n) is 6.86. The lowest BCUT2D eigenvalue weighted by Gasteiger charge is -2.32. The van der Waals surface area contributed by atoms with Gasteiger partial charge >= 0.3 is 5.97 Å². The molecule has 0 radical (unpaired) electrons. The van der Waals surface area contributed by atoms with Gasteiger partial charge in [0.15, 0.2) is 5.78 Å². The van der Waals surface area contributed by atoms with Crippen molar-refractivity contribution in [2.45, 2.75) is 47.5 Å². The molecular formula is C21H28O3. The van der Waals surface area contributed by atoms with Crippen molar-refractivity contribution in [1.29, 1.82) is 0 Å². The van der Waals surface area contributed by atoms with E-state index in [-0.39, 0.29) is 17.2 Å². The van der Waals surface area contributed by atoms with Crippen LogP contribution in [0.1, 0.15) is 47.5 Å². The first-order valence-electron chi connectivity index (χ1n) is 8.21. The Kier molecular flexibility index (Phi) is 7.15. The maximum atomic E-state index is 11.9. The van der Waals surface area contributed by atoms with E-state index in [1.165, 1.54) is 13.2 Å². The molecule has 3 nitrogen and oxygen atoms in total. The van der Waals surface area contributed by atoms with Gasteiger partial charge in [0, 0.05) is 12.5 Å². The van der Waals surface area contributed by atoms with E-state index in [1.807, 2.05) is 45.1 Å². The molecule has 0 N–H and O–H groups in total. The topological polar surface area (TPSA) is 43.4 Å². The Morgan fingerprint density at radius 2 is 1.83 bits per heavy atom. The number of carbonyl (C=O) groups excluding carboxylic acids is 2. The number of methoxy groups -OCH3 is 1. The second-order valence-corrected chi connectivity index (χ2v) is 6.86. The summed E-state index contributed by atoms with van der Waals surface area (Å²) in [6, 6.07) is 0. The van der Waals surface area contributed by atoms with E-state index in [2.05, 4.69) is 24.7 Å². The monoisotopic (exact) mass is 328 g/mol. The molecule has 0 saturated carbocycles. The summed E-state index contributed by atoms with van der Waals surface area (Å²) in [6.07, 6.45) is 12.8. The van der Waals surface area contributed by atoms with Gasteiger partial charge in [-0.2, -0.15) is 0 Å². The van der Waals surface area contributed by atoms with Crippen LogP contribution < -0.4 is 0 Å². The van der Waals surface area contributed by atoms with Crippen LogP contribution >= 0.6 is 0 Å². The molecule has 0 amide bonds. The number of hydrogen-bond donors (Lipinski definition) is 0. The van der Waals surface area contributed by atoms with Crippen molar-refractivity contribution in [3.05, 3.63) is 58.7 Å². The number of hydrogen-bond acceptors (Lipinski definition) is 3. The minimum absolute atomic E-state index is 0.0322. The number of Topliss-reactive ketones (excluding diaryl/α,β-unsaturated/α-hetero) is 1. The fourth-order valence-electron chi connectivity index (χ4n) is 2.67. The summed E-state index contributed by atoms with van der Waals surface area (Å²) in [5.74, 6) is -0.108. The molecule has 0 aliphatic heterocycles. The van der Waals surface area contributed by atoms with Gasteiger partial charge in [0.25, 0.3) is 0 Å². The Morgan fingerprint density at radius 3 is 2.46 bits per heavy atom. The molecule has 130 valence electrons. The lowest BCUT2D eigenvalue weighted by atomic mass is 9.72. The molecule has 24 heavy (non-hydrogen) atoms. The average molecular weight is 328 g/mol. The lowest BCUT2D eigenvalue weighted by molar-refractivity contribution is -0.134. The van der Waals surface area contributed by atoms with E-state index in [1.54, 1.807) is 0 Å². The van der Waals surface area contributed by atoms with Gasteiger partial charge in [-0.15, -0.1) is 0 Å². The van der Waals surface area contributed by atoms with Crippen LogP contribution in [-0.4, -0.2) is 18.9 Å². The highest BCUT2D eigenvalue weighted by atomic mass is 16.5. The average Bonchev–Trinajstić information content (AvgIpc) is 2.51. The highest BCUT2D eigenvalue weighted by Crippen LogP contribution is 2.39. The van der Waals surface area contributed by atoms with Crippen LogP contribution in [0.5, 0.6) is 0 Å². The third-order valence-electron chi connectivity index (χ3n) is 4.31. The molecule has 0 heterocycles. The molecule has 0 bridgehead atoms. The molecule has 0 aromatic carbocycles. The van der Waals surface area contributed by atoms with Gasteiger partial charge in [-0.1, -0.05) is 49.8 Å². The highest BCUT2D eigenvalue weighted by molar-refractivity contribution is 5.97. The van der Waals surface area contributed by atoms with Crippen LogP contribution in [0.3, 0.4) is 0 Å². The van der Waals surface area contributed by atoms with Crippen LogP contribution in [0.2, 0.25) is 0 Å². The van der Waals surface area contributed by atoms with Gasteiger partial charge in [0.05, 0.1) is 7.11 Å². The SMILES string of the molecule is COC(=O)/C=C(C)/C=C/C=C(/C)C=CC1=C(C)C(=O)CCC1(C)C. The normalized spacial score (nSPS) is 19.5. The number of carbonyl (C=O) groups is 2. The molecule has 1 rings (SSSR count). The molecule has 3 heteroatoms. The molecule has 0 aromatic rings. The van der Waals surface area contributed by atoms with Crippen molar-refractivity contribution in [2.24, 2.45) is 5.41 Å². The first-order valence-corrected chi connectivity index (χ1v) is 8.21. The summed E-state index contributed by atoms with van der Waals surface area (Å²) in [7, 11) is 1.36. The van der Waals surface area contributed by atoms with Gasteiger partial charge in [0.2, 0.25) is 0 Å². The summed E-state index contributed by atoms with van der Waals surface area (Å²) >= 11 is 0. The second kappa shape index (κ2) is 8.62. The summed E-state index contributed by atoms with van der Waals surface area (Å²) in [5, 5.41) is 0. The summed E-state index contributed by atoms with van der Waals surface area (Å²) < 4.78 is 4.58. The number of esters is 1. The lowest BCUT2D eigenvalue weighted by Crippen LogP contribution is -2.24. The van der Waals surface area contributed by atoms with Gasteiger partial charge < -0.3 is 4.74 Å². The van der Waals surface area contributed by atoms with Gasteiger partial charge in [-0.25, -0.2) is 4.79 Å². The fourth-order valence-corrected chi connectivity index (χ4v) is 2.67. The first-order chi connectivity index (χ1) is 11.2. The van der Waals surface area contributed by atoms with Crippen molar-refractivity contribution in [2.75, 3.05) is 7.11 Å². The third kappa shape index (κ3) is 5.80. The van der Waals surface area contributed by atoms with Gasteiger partial charge in [0.1, 0.15) is 0 Å². The summed E-state index contributed by atoms with van der Waals surface area (Å²) in [5.41, 5.74) is 3.93. The zero-order valence-electron chi connectivity index (χ0n) is 15.6. The van der Waals surface area contributed by atoms with Gasteiger partial charge in [-0.05, 0) is 49.3 Å². The van der Waals surface area contributed by atoms with Gasteiger partial charge in [-0.3, -0.25) is 4.79 Å². The van der Waals surface area contributed by atoms with Crippen molar-refractivity contribution in [1.82, 2.24) is 0 Å². The molecule has 0 fully saturated rings. The van der Waals surface area contributed by atoms with Crippen molar-refractivity contribution < 1.29 is 14.3 Å². The quantitative estimate of drug-likeness (QED) is 0.411. The minimum atomic E-state index is -0.357. The Morgan fingerprint density at radius 1 is 1.17 bits per heavy atom. The number of ether oxygens (including phenoxy) is 1. The molecule has 0 aromatic heterocycles. The molecule has 1 aliphatic carbocycles. The van der Waals surface area contributed by atoms with Crippen LogP contribution in [-0.2, 0) is 14.3 Å². The predicted molar refractivity (Wildman–Crippen MR) is 98.5 cm³/mol. The molecule has 0 saturated heterocycles. The van der Waals surface area contributed by atoms with Crippen LogP contribution in [0.15, 0.2) is 58.7 Å². The van der Waals surface area contributed by atoms with Crippen LogP contribution in [0.4, 0.5) is 0 Å². The minimum Gasteiger partial charge on any atom is -0.466 e. The highest BCUT2D eigenvalue weighted by Gasteiger charge is 2.30. The predicted octanol–water partition coefficient (Wildman–Crippen LogP) is 4.87. The Labute approximate surface area is 145 Å². The summed E-state index contributed by atoms with van der Waals surface area (Å²) in [4.78, 5) is 23.1. The Hall–Kier alpha value is -2.16. The third-order valence-corrected chi connectivity index (χ3v) is 4.31. The van der Waals surface area contributed by atoms with E-state index < -0.39 is 0 Å². The van der Waals surface area contributed by atoms with Crippen molar-refractivity contribution >= 4 is 11.8 Å². The number of allylic oxidation sites excluding steroid dienone is 9. The zero-order chi connectivity index (χ0) is 18.3. The van der Waals surface area contributed by atoms with E-state index >= 15 is 0 Å². The standard InChI is InChI=1S/C21H28O3/c1-15(8-7-9-16(2)14-20(23)24-6)10-11-18-17(3)19(22)12-13-21(18,4)5/h7-11,14H,12-13H2,1-6H3/b9-7+,11-10?,15-8-,16-14+. The molecular weight excluding hydrogens is 300 g/mol. The molecule has 0 spiro atoms. The molecule has 1 aliphatic rings. The van der Waals surface area contributed by atoms with Crippen molar-refractivity contribution in [3.8, 4) is 0 Å². The van der Waals surface area contributed by atoms with E-state index in [4.69, 9.17) is 0 Å². The van der Waals surface area contributed by atoms with Crippen molar-refractivity contribution in [3.63, 3.8) is 0 Å². The van der Waals surface area contributed by atoms with E-state index in [0.717, 1.165) is 28.7 Å². The zero-order valence-corrected chi connectivity index (χ0v) is 15.6. The fraction of sp³-hybridized carbons (Fsp3) is 0.429. The Balaban J connectivity index is 2.86. The first kappa shape index (κ1) is 19.9. The molecule has 0 atom stereocenters.